The van der Waals surface area contributed by atoms with Crippen molar-refractivity contribution in [1.29, 1.82) is 0 Å². The van der Waals surface area contributed by atoms with Gasteiger partial charge in [0.1, 0.15) is 0 Å². The third-order valence-electron chi connectivity index (χ3n) is 4.08. The Morgan fingerprint density at radius 1 is 1.21 bits per heavy atom. The smallest absolute Gasteiger partial charge is 0.0347 e. The monoisotopic (exact) mass is 261 g/mol. The zero-order valence-corrected chi connectivity index (χ0v) is 12.3. The molecule has 2 N–H and O–H groups in total. The maximum absolute atomic E-state index is 5.99. The largest absolute Gasteiger partial charge is 0.399 e. The number of rotatable bonds is 5. The van der Waals surface area contributed by atoms with Gasteiger partial charge in [0.05, 0.1) is 0 Å². The number of para-hydroxylation sites is 1. The summed E-state index contributed by atoms with van der Waals surface area (Å²) in [7, 11) is 4.34. The number of hydrogen-bond acceptors (Lipinski definition) is 3. The minimum Gasteiger partial charge on any atom is -0.399 e. The molecule has 2 rings (SSSR count). The number of anilines is 1. The van der Waals surface area contributed by atoms with Crippen molar-refractivity contribution in [2.75, 3.05) is 46.0 Å². The molecule has 1 aromatic rings. The van der Waals surface area contributed by atoms with Crippen LogP contribution in [-0.4, -0.2) is 50.1 Å². The molecule has 1 heterocycles. The Morgan fingerprint density at radius 2 is 1.89 bits per heavy atom. The first-order chi connectivity index (χ1) is 9.15. The minimum atomic E-state index is 0.882. The van der Waals surface area contributed by atoms with Gasteiger partial charge in [-0.2, -0.15) is 0 Å². The molecular weight excluding hydrogens is 234 g/mol. The van der Waals surface area contributed by atoms with Crippen LogP contribution in [0.4, 0.5) is 5.69 Å². The Labute approximate surface area is 117 Å². The molecule has 1 aliphatic heterocycles. The summed E-state index contributed by atoms with van der Waals surface area (Å²) in [5.41, 5.74) is 8.21. The van der Waals surface area contributed by atoms with Gasteiger partial charge in [-0.1, -0.05) is 18.2 Å². The molecule has 0 atom stereocenters. The highest BCUT2D eigenvalue weighted by Gasteiger charge is 2.19. The third-order valence-corrected chi connectivity index (χ3v) is 4.08. The lowest BCUT2D eigenvalue weighted by Gasteiger charge is -2.33. The van der Waals surface area contributed by atoms with Crippen molar-refractivity contribution in [3.05, 3.63) is 29.8 Å². The van der Waals surface area contributed by atoms with Crippen molar-refractivity contribution in [2.45, 2.75) is 19.3 Å². The first-order valence-corrected chi connectivity index (χ1v) is 7.35. The summed E-state index contributed by atoms with van der Waals surface area (Å²) in [4.78, 5) is 4.89. The van der Waals surface area contributed by atoms with Crippen LogP contribution in [0.25, 0.3) is 0 Å². The number of nitrogen functional groups attached to an aromatic ring is 1. The van der Waals surface area contributed by atoms with Gasteiger partial charge in [-0.25, -0.2) is 0 Å². The van der Waals surface area contributed by atoms with Gasteiger partial charge < -0.3 is 15.5 Å². The molecule has 0 bridgehead atoms. The van der Waals surface area contributed by atoms with E-state index in [1.165, 1.54) is 38.0 Å². The zero-order valence-electron chi connectivity index (χ0n) is 12.3. The van der Waals surface area contributed by atoms with Crippen LogP contribution in [0.5, 0.6) is 0 Å². The van der Waals surface area contributed by atoms with E-state index in [9.17, 15) is 0 Å². The van der Waals surface area contributed by atoms with Crippen LogP contribution in [-0.2, 0) is 6.42 Å². The highest BCUT2D eigenvalue weighted by molar-refractivity contribution is 5.46. The second-order valence-electron chi connectivity index (χ2n) is 6.00. The van der Waals surface area contributed by atoms with Gasteiger partial charge in [0.15, 0.2) is 0 Å². The summed E-state index contributed by atoms with van der Waals surface area (Å²) in [6, 6.07) is 8.23. The van der Waals surface area contributed by atoms with Crippen molar-refractivity contribution in [1.82, 2.24) is 9.80 Å². The lowest BCUT2D eigenvalue weighted by molar-refractivity contribution is 0.164. The normalized spacial score (nSPS) is 18.1. The van der Waals surface area contributed by atoms with Crippen LogP contribution >= 0.6 is 0 Å². The first-order valence-electron chi connectivity index (χ1n) is 7.35. The molecule has 0 saturated carbocycles. The van der Waals surface area contributed by atoms with Gasteiger partial charge in [-0.05, 0) is 64.0 Å². The van der Waals surface area contributed by atoms with Gasteiger partial charge in [0.25, 0.3) is 0 Å². The summed E-state index contributed by atoms with van der Waals surface area (Å²) >= 11 is 0. The average Bonchev–Trinajstić information content (AvgIpc) is 2.39. The molecule has 0 amide bonds. The maximum Gasteiger partial charge on any atom is 0.0347 e. The molecule has 106 valence electrons. The van der Waals surface area contributed by atoms with Crippen molar-refractivity contribution < 1.29 is 0 Å². The fourth-order valence-corrected chi connectivity index (χ4v) is 2.95. The van der Waals surface area contributed by atoms with Gasteiger partial charge in [-0.15, -0.1) is 0 Å². The number of nitrogens with zero attached hydrogens (tertiary/aromatic N) is 2. The van der Waals surface area contributed by atoms with E-state index in [4.69, 9.17) is 5.73 Å². The molecule has 0 spiro atoms. The molecule has 0 aliphatic carbocycles. The minimum absolute atomic E-state index is 0.882. The Kier molecular flexibility index (Phi) is 5.23. The van der Waals surface area contributed by atoms with E-state index in [1.54, 1.807) is 0 Å². The Hall–Kier alpha value is -1.06. The fraction of sp³-hybridized carbons (Fsp3) is 0.625. The topological polar surface area (TPSA) is 32.5 Å². The second kappa shape index (κ2) is 6.92. The summed E-state index contributed by atoms with van der Waals surface area (Å²) < 4.78 is 0. The van der Waals surface area contributed by atoms with Crippen LogP contribution in [0.2, 0.25) is 0 Å². The van der Waals surface area contributed by atoms with Crippen LogP contribution in [0.3, 0.4) is 0 Å². The molecule has 3 heteroatoms. The van der Waals surface area contributed by atoms with E-state index in [0.717, 1.165) is 24.6 Å². The lowest BCUT2D eigenvalue weighted by Crippen LogP contribution is -2.38. The predicted octanol–water partition coefficient (Wildman–Crippen LogP) is 2.08. The predicted molar refractivity (Wildman–Crippen MR) is 82.3 cm³/mol. The van der Waals surface area contributed by atoms with Crippen LogP contribution < -0.4 is 5.73 Å². The maximum atomic E-state index is 5.99. The van der Waals surface area contributed by atoms with Crippen molar-refractivity contribution in [3.8, 4) is 0 Å². The summed E-state index contributed by atoms with van der Waals surface area (Å²) in [5, 5.41) is 0. The van der Waals surface area contributed by atoms with Crippen molar-refractivity contribution in [3.63, 3.8) is 0 Å². The van der Waals surface area contributed by atoms with E-state index < -0.39 is 0 Å². The standard InChI is InChI=1S/C16H27N3/c1-18(2)13-14-7-10-19(11-8-14)12-9-15-5-3-4-6-16(15)17/h3-6,14H,7-13,17H2,1-2H3. The molecule has 0 unspecified atom stereocenters. The molecule has 1 fully saturated rings. The Balaban J connectivity index is 1.73. The van der Waals surface area contributed by atoms with Crippen LogP contribution in [0.1, 0.15) is 18.4 Å². The number of piperidine rings is 1. The van der Waals surface area contributed by atoms with E-state index in [1.807, 2.05) is 12.1 Å². The van der Waals surface area contributed by atoms with Gasteiger partial charge >= 0.3 is 0 Å². The average molecular weight is 261 g/mol. The van der Waals surface area contributed by atoms with Gasteiger partial charge in [0, 0.05) is 18.8 Å². The molecule has 0 radical (unpaired) electrons. The summed E-state index contributed by atoms with van der Waals surface area (Å²) in [5.74, 6) is 0.882. The summed E-state index contributed by atoms with van der Waals surface area (Å²) in [6.45, 7) is 4.86. The quantitative estimate of drug-likeness (QED) is 0.824. The number of benzene rings is 1. The zero-order chi connectivity index (χ0) is 13.7. The number of nitrogens with two attached hydrogens (primary N) is 1. The molecule has 1 aliphatic rings. The Morgan fingerprint density at radius 3 is 2.53 bits per heavy atom. The van der Waals surface area contributed by atoms with E-state index >= 15 is 0 Å². The third kappa shape index (κ3) is 4.51. The molecule has 1 saturated heterocycles. The molecule has 3 nitrogen and oxygen atoms in total. The van der Waals surface area contributed by atoms with Crippen molar-refractivity contribution in [2.24, 2.45) is 5.92 Å². The number of likely N-dealkylation sites (tertiary alicyclic amines) is 1. The van der Waals surface area contributed by atoms with Crippen LogP contribution in [0.15, 0.2) is 24.3 Å². The lowest BCUT2D eigenvalue weighted by atomic mass is 9.96. The van der Waals surface area contributed by atoms with E-state index in [-0.39, 0.29) is 0 Å². The highest BCUT2D eigenvalue weighted by atomic mass is 15.1. The van der Waals surface area contributed by atoms with Gasteiger partial charge in [-0.3, -0.25) is 0 Å². The van der Waals surface area contributed by atoms with E-state index in [0.29, 0.717) is 0 Å². The number of hydrogen-bond donors (Lipinski definition) is 1. The summed E-state index contributed by atoms with van der Waals surface area (Å²) in [6.07, 6.45) is 3.75. The molecule has 1 aromatic carbocycles. The highest BCUT2D eigenvalue weighted by Crippen LogP contribution is 2.19. The first kappa shape index (κ1) is 14.4. The van der Waals surface area contributed by atoms with Crippen molar-refractivity contribution >= 4 is 5.69 Å². The van der Waals surface area contributed by atoms with Gasteiger partial charge in [0.2, 0.25) is 0 Å². The molecular formula is C16H27N3. The Bertz CT molecular complexity index is 381. The second-order valence-corrected chi connectivity index (χ2v) is 6.00. The van der Waals surface area contributed by atoms with Crippen LogP contribution in [0, 0.1) is 5.92 Å². The molecule has 19 heavy (non-hydrogen) atoms. The SMILES string of the molecule is CN(C)CC1CCN(CCc2ccccc2N)CC1. The molecule has 0 aromatic heterocycles. The van der Waals surface area contributed by atoms with E-state index in [2.05, 4.69) is 36.0 Å². The fourth-order valence-electron chi connectivity index (χ4n) is 2.95.